The Labute approximate surface area is 104 Å². The number of benzene rings is 1. The lowest BCUT2D eigenvalue weighted by molar-refractivity contribution is 0.193. The summed E-state index contributed by atoms with van der Waals surface area (Å²) in [4.78, 5) is -0.902. The number of hydrogen-bond acceptors (Lipinski definition) is 2. The zero-order valence-corrected chi connectivity index (χ0v) is 10.4. The first-order chi connectivity index (χ1) is 7.06. The molecule has 0 aromatic heterocycles. The zero-order valence-electron chi connectivity index (χ0n) is 8.08. The van der Waals surface area contributed by atoms with E-state index in [1.54, 1.807) is 18.2 Å². The fourth-order valence-electron chi connectivity index (χ4n) is 1.14. The lowest BCUT2D eigenvalue weighted by Crippen LogP contribution is -2.06. The van der Waals surface area contributed by atoms with Crippen LogP contribution in [-0.4, -0.2) is 16.5 Å². The van der Waals surface area contributed by atoms with Crippen LogP contribution in [0.1, 0.15) is 18.6 Å². The largest absolute Gasteiger partial charge is 0.494 e. The Morgan fingerprint density at radius 3 is 2.53 bits per heavy atom. The Morgan fingerprint density at radius 2 is 2.07 bits per heavy atom. The van der Waals surface area contributed by atoms with Crippen molar-refractivity contribution in [3.05, 3.63) is 28.8 Å². The second kappa shape index (κ2) is 5.80. The SMILES string of the molecule is CCOc1ccc(C(O)C(Cl)Cl)c(Cl)c1. The molecule has 0 saturated carbocycles. The Morgan fingerprint density at radius 1 is 1.40 bits per heavy atom. The van der Waals surface area contributed by atoms with Gasteiger partial charge in [-0.05, 0) is 19.1 Å². The second-order valence-corrected chi connectivity index (χ2v) is 4.47. The highest BCUT2D eigenvalue weighted by Crippen LogP contribution is 2.31. The average molecular weight is 270 g/mol. The van der Waals surface area contributed by atoms with Gasteiger partial charge in [0.25, 0.3) is 0 Å². The number of ether oxygens (including phenoxy) is 1. The summed E-state index contributed by atoms with van der Waals surface area (Å²) in [6.07, 6.45) is -0.989. The summed E-state index contributed by atoms with van der Waals surface area (Å²) in [5, 5.41) is 10.00. The van der Waals surface area contributed by atoms with Gasteiger partial charge in [0.05, 0.1) is 11.6 Å². The normalized spacial score (nSPS) is 12.9. The molecule has 0 aliphatic carbocycles. The molecule has 1 unspecified atom stereocenters. The Kier molecular flexibility index (Phi) is 5.00. The van der Waals surface area contributed by atoms with E-state index in [0.29, 0.717) is 22.9 Å². The van der Waals surface area contributed by atoms with Gasteiger partial charge in [-0.3, -0.25) is 0 Å². The molecule has 0 aliphatic heterocycles. The third kappa shape index (κ3) is 3.42. The van der Waals surface area contributed by atoms with Gasteiger partial charge in [-0.15, -0.1) is 23.2 Å². The van der Waals surface area contributed by atoms with Crippen LogP contribution < -0.4 is 4.74 Å². The van der Waals surface area contributed by atoms with E-state index in [4.69, 9.17) is 39.5 Å². The van der Waals surface area contributed by atoms with Crippen LogP contribution in [0.3, 0.4) is 0 Å². The predicted octanol–water partition coefficient (Wildman–Crippen LogP) is 3.58. The highest BCUT2D eigenvalue weighted by molar-refractivity contribution is 6.44. The first kappa shape index (κ1) is 12.9. The minimum atomic E-state index is -0.989. The molecule has 1 aromatic rings. The van der Waals surface area contributed by atoms with Gasteiger partial charge in [0.2, 0.25) is 0 Å². The molecule has 0 aliphatic rings. The first-order valence-corrected chi connectivity index (χ1v) is 5.69. The van der Waals surface area contributed by atoms with Crippen molar-refractivity contribution in [3.63, 3.8) is 0 Å². The van der Waals surface area contributed by atoms with Gasteiger partial charge < -0.3 is 9.84 Å². The second-order valence-electron chi connectivity index (χ2n) is 2.90. The predicted molar refractivity (Wildman–Crippen MR) is 63.1 cm³/mol. The quantitative estimate of drug-likeness (QED) is 0.847. The molecular formula is C10H11Cl3O2. The number of alkyl halides is 2. The zero-order chi connectivity index (χ0) is 11.4. The van der Waals surface area contributed by atoms with Crippen LogP contribution in [0, 0.1) is 0 Å². The number of aliphatic hydroxyl groups is 1. The number of hydrogen-bond donors (Lipinski definition) is 1. The van der Waals surface area contributed by atoms with Crippen molar-refractivity contribution in [1.29, 1.82) is 0 Å². The third-order valence-corrected chi connectivity index (χ3v) is 2.64. The summed E-state index contributed by atoms with van der Waals surface area (Å²) >= 11 is 17.1. The third-order valence-electron chi connectivity index (χ3n) is 1.84. The summed E-state index contributed by atoms with van der Waals surface area (Å²) in [7, 11) is 0. The molecule has 0 fully saturated rings. The smallest absolute Gasteiger partial charge is 0.137 e. The molecule has 5 heteroatoms. The van der Waals surface area contributed by atoms with Crippen LogP contribution in [0.5, 0.6) is 5.75 Å². The van der Waals surface area contributed by atoms with E-state index in [1.165, 1.54) is 0 Å². The van der Waals surface area contributed by atoms with E-state index in [0.717, 1.165) is 0 Å². The fourth-order valence-corrected chi connectivity index (χ4v) is 1.69. The van der Waals surface area contributed by atoms with Gasteiger partial charge >= 0.3 is 0 Å². The fraction of sp³-hybridized carbons (Fsp3) is 0.400. The standard InChI is InChI=1S/C10H11Cl3O2/c1-2-15-6-3-4-7(8(11)5-6)9(14)10(12)13/h3-5,9-10,14H,2H2,1H3. The highest BCUT2D eigenvalue weighted by Gasteiger charge is 2.18. The van der Waals surface area contributed by atoms with E-state index in [2.05, 4.69) is 0 Å². The Bertz CT molecular complexity index is 328. The molecule has 0 spiro atoms. The number of halogens is 3. The summed E-state index contributed by atoms with van der Waals surface area (Å²) < 4.78 is 5.25. The average Bonchev–Trinajstić information content (AvgIpc) is 2.17. The molecular weight excluding hydrogens is 258 g/mol. The molecule has 1 atom stereocenters. The lowest BCUT2D eigenvalue weighted by Gasteiger charge is -2.14. The van der Waals surface area contributed by atoms with Crippen LogP contribution in [0.25, 0.3) is 0 Å². The van der Waals surface area contributed by atoms with Gasteiger partial charge in [0.15, 0.2) is 0 Å². The number of aliphatic hydroxyl groups excluding tert-OH is 1. The molecule has 0 heterocycles. The van der Waals surface area contributed by atoms with Crippen LogP contribution in [-0.2, 0) is 0 Å². The minimum absolute atomic E-state index is 0.389. The molecule has 0 radical (unpaired) electrons. The lowest BCUT2D eigenvalue weighted by atomic mass is 10.1. The van der Waals surface area contributed by atoms with E-state index >= 15 is 0 Å². The van der Waals surface area contributed by atoms with Gasteiger partial charge in [-0.25, -0.2) is 0 Å². The molecule has 2 nitrogen and oxygen atoms in total. The van der Waals surface area contributed by atoms with E-state index in [1.807, 2.05) is 6.92 Å². The molecule has 1 rings (SSSR count). The van der Waals surface area contributed by atoms with Crippen molar-refractivity contribution < 1.29 is 9.84 Å². The van der Waals surface area contributed by atoms with Gasteiger partial charge in [-0.2, -0.15) is 0 Å². The summed E-state index contributed by atoms with van der Waals surface area (Å²) in [5.74, 6) is 0.652. The molecule has 1 aromatic carbocycles. The molecule has 0 saturated heterocycles. The molecule has 0 bridgehead atoms. The van der Waals surface area contributed by atoms with E-state index in [-0.39, 0.29) is 0 Å². The van der Waals surface area contributed by atoms with Crippen LogP contribution in [0.15, 0.2) is 18.2 Å². The summed E-state index contributed by atoms with van der Waals surface area (Å²) in [6, 6.07) is 4.99. The van der Waals surface area contributed by atoms with Crippen molar-refractivity contribution in [2.45, 2.75) is 17.9 Å². The van der Waals surface area contributed by atoms with Crippen LogP contribution in [0.2, 0.25) is 5.02 Å². The van der Waals surface area contributed by atoms with Crippen LogP contribution >= 0.6 is 34.8 Å². The van der Waals surface area contributed by atoms with E-state index in [9.17, 15) is 5.11 Å². The molecule has 0 amide bonds. The summed E-state index contributed by atoms with van der Waals surface area (Å²) in [5.41, 5.74) is 0.495. The number of rotatable bonds is 4. The van der Waals surface area contributed by atoms with E-state index < -0.39 is 10.9 Å². The maximum absolute atomic E-state index is 9.61. The van der Waals surface area contributed by atoms with Gasteiger partial charge in [-0.1, -0.05) is 17.7 Å². The van der Waals surface area contributed by atoms with Crippen LogP contribution in [0.4, 0.5) is 0 Å². The maximum Gasteiger partial charge on any atom is 0.137 e. The first-order valence-electron chi connectivity index (χ1n) is 4.44. The van der Waals surface area contributed by atoms with Gasteiger partial charge in [0.1, 0.15) is 16.7 Å². The van der Waals surface area contributed by atoms with Crippen molar-refractivity contribution in [2.75, 3.05) is 6.61 Å². The van der Waals surface area contributed by atoms with Crippen molar-refractivity contribution in [3.8, 4) is 5.75 Å². The highest BCUT2D eigenvalue weighted by atomic mass is 35.5. The molecule has 1 N–H and O–H groups in total. The molecule has 84 valence electrons. The van der Waals surface area contributed by atoms with Crippen molar-refractivity contribution in [1.82, 2.24) is 0 Å². The minimum Gasteiger partial charge on any atom is -0.494 e. The Hall–Kier alpha value is -0.150. The maximum atomic E-state index is 9.61. The van der Waals surface area contributed by atoms with Crippen molar-refractivity contribution in [2.24, 2.45) is 0 Å². The summed E-state index contributed by atoms with van der Waals surface area (Å²) in [6.45, 7) is 2.44. The Balaban J connectivity index is 2.92. The van der Waals surface area contributed by atoms with Gasteiger partial charge in [0, 0.05) is 5.56 Å². The topological polar surface area (TPSA) is 29.5 Å². The molecule has 15 heavy (non-hydrogen) atoms. The monoisotopic (exact) mass is 268 g/mol. The van der Waals surface area contributed by atoms with Crippen molar-refractivity contribution >= 4 is 34.8 Å².